The molecule has 1 aromatic heterocycles. The third-order valence-corrected chi connectivity index (χ3v) is 5.20. The van der Waals surface area contributed by atoms with Crippen LogP contribution in [-0.2, 0) is 13.0 Å². The molecule has 2 heterocycles. The summed E-state index contributed by atoms with van der Waals surface area (Å²) in [6.45, 7) is 7.51. The van der Waals surface area contributed by atoms with Crippen LogP contribution in [0.1, 0.15) is 49.4 Å². The molecule has 1 aliphatic rings. The number of benzene rings is 1. The van der Waals surface area contributed by atoms with E-state index in [4.69, 9.17) is 9.47 Å². The fourth-order valence-electron chi connectivity index (χ4n) is 4.02. The van der Waals surface area contributed by atoms with E-state index in [1.165, 1.54) is 24.1 Å². The number of hydrogen-bond acceptors (Lipinski definition) is 4. The van der Waals surface area contributed by atoms with Gasteiger partial charge < -0.3 is 9.47 Å². The van der Waals surface area contributed by atoms with Crippen molar-refractivity contribution in [2.75, 3.05) is 27.3 Å². The van der Waals surface area contributed by atoms with Gasteiger partial charge in [0.25, 0.3) is 0 Å². The highest BCUT2D eigenvalue weighted by atomic mass is 16.5. The van der Waals surface area contributed by atoms with E-state index in [-0.39, 0.29) is 0 Å². The molecule has 0 unspecified atom stereocenters. The SMILES string of the molecule is COc1cccc(OC)c1CN1CCC[C@@H](c2[nH]ncc2CC(C)C)C1. The number of nitrogens with one attached hydrogen (secondary N) is 1. The van der Waals surface area contributed by atoms with E-state index in [9.17, 15) is 0 Å². The van der Waals surface area contributed by atoms with Crippen LogP contribution in [0.25, 0.3) is 0 Å². The molecule has 0 amide bonds. The molecule has 0 spiro atoms. The average Bonchev–Trinajstić information content (AvgIpc) is 3.09. The number of methoxy groups -OCH3 is 2. The molecule has 1 aliphatic heterocycles. The second-order valence-corrected chi connectivity index (χ2v) is 7.62. The first-order valence-corrected chi connectivity index (χ1v) is 9.56. The van der Waals surface area contributed by atoms with Crippen molar-refractivity contribution in [1.29, 1.82) is 0 Å². The summed E-state index contributed by atoms with van der Waals surface area (Å²) < 4.78 is 11.1. The van der Waals surface area contributed by atoms with Crippen LogP contribution < -0.4 is 9.47 Å². The van der Waals surface area contributed by atoms with Crippen molar-refractivity contribution in [3.63, 3.8) is 0 Å². The molecule has 0 aliphatic carbocycles. The van der Waals surface area contributed by atoms with Gasteiger partial charge in [-0.2, -0.15) is 5.10 Å². The molecule has 1 fully saturated rings. The van der Waals surface area contributed by atoms with Gasteiger partial charge in [0.1, 0.15) is 11.5 Å². The van der Waals surface area contributed by atoms with Crippen molar-refractivity contribution in [3.05, 3.63) is 41.2 Å². The van der Waals surface area contributed by atoms with E-state index < -0.39 is 0 Å². The summed E-state index contributed by atoms with van der Waals surface area (Å²) in [4.78, 5) is 2.51. The van der Waals surface area contributed by atoms with E-state index in [0.717, 1.165) is 43.1 Å². The van der Waals surface area contributed by atoms with Crippen molar-refractivity contribution in [2.24, 2.45) is 5.92 Å². The molecule has 142 valence electrons. The molecule has 5 nitrogen and oxygen atoms in total. The predicted octanol–water partition coefficient (Wildman–Crippen LogP) is 4.01. The Bertz CT molecular complexity index is 689. The van der Waals surface area contributed by atoms with Gasteiger partial charge in [0.05, 0.1) is 26.0 Å². The Morgan fingerprint density at radius 1 is 1.23 bits per heavy atom. The molecule has 0 saturated carbocycles. The zero-order valence-corrected chi connectivity index (χ0v) is 16.4. The fourth-order valence-corrected chi connectivity index (χ4v) is 4.02. The molecular weight excluding hydrogens is 326 g/mol. The van der Waals surface area contributed by atoms with E-state index in [1.807, 2.05) is 24.4 Å². The summed E-state index contributed by atoms with van der Waals surface area (Å²) >= 11 is 0. The molecule has 1 aromatic carbocycles. The van der Waals surface area contributed by atoms with Crippen LogP contribution in [0.5, 0.6) is 11.5 Å². The van der Waals surface area contributed by atoms with Crippen LogP contribution in [0.15, 0.2) is 24.4 Å². The van der Waals surface area contributed by atoms with Crippen LogP contribution in [0.4, 0.5) is 0 Å². The van der Waals surface area contributed by atoms with E-state index in [0.29, 0.717) is 11.8 Å². The van der Waals surface area contributed by atoms with Gasteiger partial charge in [-0.15, -0.1) is 0 Å². The monoisotopic (exact) mass is 357 g/mol. The van der Waals surface area contributed by atoms with Crippen LogP contribution in [0.2, 0.25) is 0 Å². The second-order valence-electron chi connectivity index (χ2n) is 7.62. The molecule has 3 rings (SSSR count). The smallest absolute Gasteiger partial charge is 0.127 e. The summed E-state index contributed by atoms with van der Waals surface area (Å²) in [5, 5.41) is 7.61. The van der Waals surface area contributed by atoms with Crippen LogP contribution >= 0.6 is 0 Å². The molecule has 1 saturated heterocycles. The van der Waals surface area contributed by atoms with Gasteiger partial charge in [-0.05, 0) is 49.4 Å². The number of nitrogens with zero attached hydrogens (tertiary/aromatic N) is 2. The Balaban J connectivity index is 1.75. The Morgan fingerprint density at radius 3 is 2.62 bits per heavy atom. The number of likely N-dealkylation sites (tertiary alicyclic amines) is 1. The number of hydrogen-bond donors (Lipinski definition) is 1. The van der Waals surface area contributed by atoms with Gasteiger partial charge in [-0.25, -0.2) is 0 Å². The molecule has 0 radical (unpaired) electrons. The molecule has 5 heteroatoms. The predicted molar refractivity (Wildman–Crippen MR) is 104 cm³/mol. The van der Waals surface area contributed by atoms with Crippen LogP contribution in [-0.4, -0.2) is 42.4 Å². The Hall–Kier alpha value is -2.01. The largest absolute Gasteiger partial charge is 0.496 e. The van der Waals surface area contributed by atoms with Crippen molar-refractivity contribution in [2.45, 2.75) is 45.6 Å². The number of rotatable bonds is 7. The maximum absolute atomic E-state index is 5.57. The second kappa shape index (κ2) is 8.58. The highest BCUT2D eigenvalue weighted by Crippen LogP contribution is 2.33. The van der Waals surface area contributed by atoms with Crippen molar-refractivity contribution in [1.82, 2.24) is 15.1 Å². The maximum Gasteiger partial charge on any atom is 0.127 e. The van der Waals surface area contributed by atoms with Gasteiger partial charge in [0, 0.05) is 24.7 Å². The minimum absolute atomic E-state index is 0.515. The lowest BCUT2D eigenvalue weighted by atomic mass is 9.90. The van der Waals surface area contributed by atoms with Crippen molar-refractivity contribution in [3.8, 4) is 11.5 Å². The lowest BCUT2D eigenvalue weighted by Crippen LogP contribution is -2.34. The fraction of sp³-hybridized carbons (Fsp3) is 0.571. The third-order valence-electron chi connectivity index (χ3n) is 5.20. The minimum Gasteiger partial charge on any atom is -0.496 e. The number of ether oxygens (including phenoxy) is 2. The number of piperidine rings is 1. The summed E-state index contributed by atoms with van der Waals surface area (Å²) in [5.41, 5.74) is 3.84. The molecule has 1 N–H and O–H groups in total. The molecule has 26 heavy (non-hydrogen) atoms. The zero-order chi connectivity index (χ0) is 18.5. The van der Waals surface area contributed by atoms with Gasteiger partial charge in [-0.1, -0.05) is 19.9 Å². The third kappa shape index (κ3) is 4.21. The quantitative estimate of drug-likeness (QED) is 0.813. The standard InChI is InChI=1S/C21H31N3O2/c1-15(2)11-17-12-22-23-21(17)16-7-6-10-24(13-16)14-18-19(25-3)8-5-9-20(18)26-4/h5,8-9,12,15-16H,6-7,10-11,13-14H2,1-4H3,(H,22,23)/t16-/m1/s1. The molecule has 0 bridgehead atoms. The van der Waals surface area contributed by atoms with Crippen molar-refractivity contribution >= 4 is 0 Å². The lowest BCUT2D eigenvalue weighted by molar-refractivity contribution is 0.193. The van der Waals surface area contributed by atoms with Gasteiger partial charge in [0.2, 0.25) is 0 Å². The highest BCUT2D eigenvalue weighted by molar-refractivity contribution is 5.44. The molecular formula is C21H31N3O2. The summed E-state index contributed by atoms with van der Waals surface area (Å²) in [6.07, 6.45) is 5.51. The first kappa shape index (κ1) is 18.8. The topological polar surface area (TPSA) is 50.4 Å². The maximum atomic E-state index is 5.57. The first-order chi connectivity index (χ1) is 12.6. The number of aromatic amines is 1. The van der Waals surface area contributed by atoms with E-state index in [1.54, 1.807) is 14.2 Å². The summed E-state index contributed by atoms with van der Waals surface area (Å²) in [7, 11) is 3.44. The van der Waals surface area contributed by atoms with Crippen LogP contribution in [0, 0.1) is 5.92 Å². The van der Waals surface area contributed by atoms with Gasteiger partial charge >= 0.3 is 0 Å². The van der Waals surface area contributed by atoms with Crippen molar-refractivity contribution < 1.29 is 9.47 Å². The normalized spacial score (nSPS) is 18.3. The van der Waals surface area contributed by atoms with Gasteiger partial charge in [-0.3, -0.25) is 10.00 Å². The Morgan fingerprint density at radius 2 is 1.96 bits per heavy atom. The lowest BCUT2D eigenvalue weighted by Gasteiger charge is -2.33. The Labute approximate surface area is 156 Å². The Kier molecular flexibility index (Phi) is 6.20. The number of aromatic nitrogens is 2. The summed E-state index contributed by atoms with van der Waals surface area (Å²) in [6, 6.07) is 5.99. The zero-order valence-electron chi connectivity index (χ0n) is 16.4. The van der Waals surface area contributed by atoms with Gasteiger partial charge in [0.15, 0.2) is 0 Å². The molecule has 2 aromatic rings. The minimum atomic E-state index is 0.515. The van der Waals surface area contributed by atoms with E-state index >= 15 is 0 Å². The first-order valence-electron chi connectivity index (χ1n) is 9.56. The molecule has 1 atom stereocenters. The van der Waals surface area contributed by atoms with E-state index in [2.05, 4.69) is 28.9 Å². The highest BCUT2D eigenvalue weighted by Gasteiger charge is 2.26. The number of H-pyrrole nitrogens is 1. The average molecular weight is 357 g/mol. The van der Waals surface area contributed by atoms with Crippen LogP contribution in [0.3, 0.4) is 0 Å². The summed E-state index contributed by atoms with van der Waals surface area (Å²) in [5.74, 6) is 2.95.